The van der Waals surface area contributed by atoms with Gasteiger partial charge in [0.1, 0.15) is 11.9 Å². The second-order valence-electron chi connectivity index (χ2n) is 8.89. The highest BCUT2D eigenvalue weighted by molar-refractivity contribution is 6.04. The number of benzene rings is 2. The molecule has 3 atom stereocenters. The fraction of sp³-hybridized carbons (Fsp3) is 0.346. The molecule has 1 heterocycles. The second-order valence-corrected chi connectivity index (χ2v) is 8.89. The van der Waals surface area contributed by atoms with E-state index in [-0.39, 0.29) is 30.2 Å². The number of carboxylic acids is 1. The molecule has 11 nitrogen and oxygen atoms in total. The molecule has 0 spiro atoms. The smallest absolute Gasteiger partial charge is 0.475 e. The van der Waals surface area contributed by atoms with Crippen molar-refractivity contribution in [2.45, 2.75) is 50.5 Å². The molecular formula is C26H30F3N5O6. The number of hydrogen-bond acceptors (Lipinski definition) is 6. The molecule has 1 saturated heterocycles. The quantitative estimate of drug-likeness (QED) is 0.199. The first kappa shape index (κ1) is 31.8. The Balaban J connectivity index is 0.000000708. The van der Waals surface area contributed by atoms with Gasteiger partial charge in [0.25, 0.3) is 0 Å². The average Bonchev–Trinajstić information content (AvgIpc) is 2.92. The summed E-state index contributed by atoms with van der Waals surface area (Å²) in [5.74, 6) is -3.16. The topological polar surface area (TPSA) is 181 Å². The first-order chi connectivity index (χ1) is 18.8. The van der Waals surface area contributed by atoms with Crippen LogP contribution in [0.1, 0.15) is 42.4 Å². The monoisotopic (exact) mass is 565 g/mol. The number of amidine groups is 1. The number of amides is 3. The van der Waals surface area contributed by atoms with E-state index in [2.05, 4.69) is 28.1 Å². The Labute approximate surface area is 227 Å². The maximum Gasteiger partial charge on any atom is 0.490 e. The summed E-state index contributed by atoms with van der Waals surface area (Å²) in [6.45, 7) is 2.64. The predicted octanol–water partition coefficient (Wildman–Crippen LogP) is 2.57. The molecule has 2 aromatic rings. The molecule has 0 radical (unpaired) electrons. The number of alkyl halides is 3. The lowest BCUT2D eigenvalue weighted by molar-refractivity contribution is -0.192. The number of carbonyl (C=O) groups excluding carboxylic acids is 2. The lowest BCUT2D eigenvalue weighted by atomic mass is 9.86. The maximum absolute atomic E-state index is 12.7. The summed E-state index contributed by atoms with van der Waals surface area (Å²) in [5.41, 5.74) is 2.43. The van der Waals surface area contributed by atoms with Crippen LogP contribution in [0.15, 0.2) is 54.6 Å². The van der Waals surface area contributed by atoms with Crippen molar-refractivity contribution in [3.05, 3.63) is 71.3 Å². The van der Waals surface area contributed by atoms with Gasteiger partial charge in [0, 0.05) is 12.1 Å². The van der Waals surface area contributed by atoms with Crippen LogP contribution in [0.3, 0.4) is 0 Å². The number of piperidine rings is 1. The third-order valence-corrected chi connectivity index (χ3v) is 5.93. The minimum Gasteiger partial charge on any atom is -0.475 e. The normalized spacial score (nSPS) is 17.3. The van der Waals surface area contributed by atoms with E-state index in [4.69, 9.17) is 20.4 Å². The molecule has 0 bridgehead atoms. The molecule has 14 heteroatoms. The molecule has 1 fully saturated rings. The van der Waals surface area contributed by atoms with Crippen molar-refractivity contribution < 1.29 is 42.6 Å². The fourth-order valence-electron chi connectivity index (χ4n) is 3.84. The molecule has 7 N–H and O–H groups in total. The molecule has 0 aromatic heterocycles. The van der Waals surface area contributed by atoms with E-state index < -0.39 is 24.3 Å². The van der Waals surface area contributed by atoms with Crippen LogP contribution in [0, 0.1) is 5.41 Å². The predicted molar refractivity (Wildman–Crippen MR) is 138 cm³/mol. The SMILES string of the molecule is CC(NC(=O)[C@H]1C[C@@H](c2ccccc2)CCN1)C(=O)NCc1ccc(C(=N)NC(=O)O)cc1.O=C(O)C(F)(F)F. The number of aliphatic carboxylic acids is 1. The Morgan fingerprint density at radius 1 is 1.05 bits per heavy atom. The number of nitrogens with one attached hydrogen (secondary N) is 5. The van der Waals surface area contributed by atoms with Crippen LogP contribution in [0.25, 0.3) is 0 Å². The zero-order valence-corrected chi connectivity index (χ0v) is 21.4. The van der Waals surface area contributed by atoms with E-state index in [1.54, 1.807) is 31.2 Å². The van der Waals surface area contributed by atoms with Crippen molar-refractivity contribution in [1.29, 1.82) is 5.41 Å². The van der Waals surface area contributed by atoms with Crippen molar-refractivity contribution in [3.8, 4) is 0 Å². The Hall–Kier alpha value is -4.46. The van der Waals surface area contributed by atoms with Crippen molar-refractivity contribution in [3.63, 3.8) is 0 Å². The van der Waals surface area contributed by atoms with Gasteiger partial charge in [0.05, 0.1) is 6.04 Å². The van der Waals surface area contributed by atoms with Gasteiger partial charge in [0.2, 0.25) is 11.8 Å². The number of rotatable bonds is 7. The van der Waals surface area contributed by atoms with Crippen molar-refractivity contribution >= 4 is 29.7 Å². The Morgan fingerprint density at radius 3 is 2.20 bits per heavy atom. The summed E-state index contributed by atoms with van der Waals surface area (Å²) in [6.07, 6.45) is -4.73. The minimum absolute atomic E-state index is 0.188. The molecule has 1 aliphatic heterocycles. The van der Waals surface area contributed by atoms with Gasteiger partial charge in [-0.15, -0.1) is 0 Å². The van der Waals surface area contributed by atoms with Gasteiger partial charge in [-0.2, -0.15) is 13.2 Å². The third-order valence-electron chi connectivity index (χ3n) is 5.93. The lowest BCUT2D eigenvalue weighted by Crippen LogP contribution is -2.53. The molecule has 40 heavy (non-hydrogen) atoms. The lowest BCUT2D eigenvalue weighted by Gasteiger charge is -2.30. The zero-order chi connectivity index (χ0) is 29.9. The highest BCUT2D eigenvalue weighted by atomic mass is 19.4. The third kappa shape index (κ3) is 10.4. The van der Waals surface area contributed by atoms with Crippen LogP contribution in [0.4, 0.5) is 18.0 Å². The van der Waals surface area contributed by atoms with E-state index in [1.165, 1.54) is 5.56 Å². The van der Waals surface area contributed by atoms with Crippen LogP contribution >= 0.6 is 0 Å². The minimum atomic E-state index is -5.08. The maximum atomic E-state index is 12.7. The molecule has 3 amide bonds. The standard InChI is InChI=1S/C24H29N5O4.C2HF3O2/c1-15(22(30)27-14-16-7-9-18(10-8-16)21(25)29-24(32)33)28-23(31)20-13-19(11-12-26-20)17-5-3-2-4-6-17;3-2(4,5)1(6)7/h2-10,15,19-20,26H,11-14H2,1H3,(H2,25,29)(H,27,30)(H,28,31)(H,32,33);(H,6,7)/t15?,19-,20+;/m0./s1. The van der Waals surface area contributed by atoms with Gasteiger partial charge in [-0.05, 0) is 43.4 Å². The molecule has 3 rings (SSSR count). The van der Waals surface area contributed by atoms with Crippen LogP contribution in [-0.2, 0) is 20.9 Å². The summed E-state index contributed by atoms with van der Waals surface area (Å²) in [4.78, 5) is 44.7. The van der Waals surface area contributed by atoms with Gasteiger partial charge in [-0.3, -0.25) is 20.3 Å². The second kappa shape index (κ2) is 14.6. The Morgan fingerprint density at radius 2 is 1.65 bits per heavy atom. The summed E-state index contributed by atoms with van der Waals surface area (Å²) in [6, 6.07) is 15.7. The van der Waals surface area contributed by atoms with Crippen LogP contribution in [0.2, 0.25) is 0 Å². The number of carbonyl (C=O) groups is 4. The van der Waals surface area contributed by atoms with E-state index in [0.717, 1.165) is 18.5 Å². The first-order valence-corrected chi connectivity index (χ1v) is 12.1. The van der Waals surface area contributed by atoms with E-state index in [1.807, 2.05) is 23.5 Å². The summed E-state index contributed by atoms with van der Waals surface area (Å²) in [5, 5.41) is 34.3. The molecule has 1 unspecified atom stereocenters. The fourth-order valence-corrected chi connectivity index (χ4v) is 3.84. The van der Waals surface area contributed by atoms with Gasteiger partial charge in [-0.25, -0.2) is 9.59 Å². The zero-order valence-electron chi connectivity index (χ0n) is 21.4. The van der Waals surface area contributed by atoms with Gasteiger partial charge >= 0.3 is 18.2 Å². The van der Waals surface area contributed by atoms with Crippen molar-refractivity contribution in [2.24, 2.45) is 0 Å². The van der Waals surface area contributed by atoms with Crippen LogP contribution in [0.5, 0.6) is 0 Å². The van der Waals surface area contributed by atoms with Gasteiger partial charge in [-0.1, -0.05) is 54.6 Å². The van der Waals surface area contributed by atoms with E-state index >= 15 is 0 Å². The number of halogens is 3. The number of hydrogen-bond donors (Lipinski definition) is 7. The van der Waals surface area contributed by atoms with Crippen molar-refractivity contribution in [2.75, 3.05) is 6.54 Å². The van der Waals surface area contributed by atoms with Crippen molar-refractivity contribution in [1.82, 2.24) is 21.3 Å². The van der Waals surface area contributed by atoms with Crippen LogP contribution in [-0.4, -0.2) is 64.7 Å². The molecule has 0 saturated carbocycles. The van der Waals surface area contributed by atoms with E-state index in [9.17, 15) is 27.6 Å². The first-order valence-electron chi connectivity index (χ1n) is 12.1. The largest absolute Gasteiger partial charge is 0.490 e. The highest BCUT2D eigenvalue weighted by Gasteiger charge is 2.38. The highest BCUT2D eigenvalue weighted by Crippen LogP contribution is 2.27. The van der Waals surface area contributed by atoms with Gasteiger partial charge < -0.3 is 26.2 Å². The average molecular weight is 566 g/mol. The molecule has 2 aromatic carbocycles. The summed E-state index contributed by atoms with van der Waals surface area (Å²) in [7, 11) is 0. The molecule has 1 aliphatic rings. The summed E-state index contributed by atoms with van der Waals surface area (Å²) < 4.78 is 31.7. The number of carboxylic acid groups (broad SMARTS) is 2. The van der Waals surface area contributed by atoms with Gasteiger partial charge in [0.15, 0.2) is 0 Å². The van der Waals surface area contributed by atoms with Crippen LogP contribution < -0.4 is 21.3 Å². The van der Waals surface area contributed by atoms with E-state index in [0.29, 0.717) is 17.9 Å². The summed E-state index contributed by atoms with van der Waals surface area (Å²) >= 11 is 0. The Bertz CT molecular complexity index is 1190. The molecule has 0 aliphatic carbocycles. The Kier molecular flexibility index (Phi) is 11.6. The molecular weight excluding hydrogens is 535 g/mol. The molecule has 216 valence electrons.